The molecule has 1 N–H and O–H groups in total. The van der Waals surface area contributed by atoms with Gasteiger partial charge in [0.1, 0.15) is 12.4 Å². The Morgan fingerprint density at radius 1 is 1.17 bits per heavy atom. The van der Waals surface area contributed by atoms with E-state index in [1.807, 2.05) is 31.2 Å². The van der Waals surface area contributed by atoms with Gasteiger partial charge in [0.25, 0.3) is 0 Å². The maximum absolute atomic E-state index is 9.67. The zero-order valence-corrected chi connectivity index (χ0v) is 10.3. The largest absolute Gasteiger partial charge is 0.486 e. The first kappa shape index (κ1) is 12.5. The van der Waals surface area contributed by atoms with Gasteiger partial charge in [-0.1, -0.05) is 19.1 Å². The smallest absolute Gasteiger partial charge is 0.166 e. The lowest BCUT2D eigenvalue weighted by Gasteiger charge is -2.09. The quantitative estimate of drug-likeness (QED) is 0.878. The van der Waals surface area contributed by atoms with Crippen molar-refractivity contribution in [1.82, 2.24) is 9.97 Å². The lowest BCUT2D eigenvalue weighted by Crippen LogP contribution is -2.01. The number of aromatic nitrogens is 2. The third-order valence-electron chi connectivity index (χ3n) is 2.64. The number of benzene rings is 1. The van der Waals surface area contributed by atoms with Crippen molar-refractivity contribution in [2.24, 2.45) is 0 Å². The molecule has 94 valence electrons. The van der Waals surface area contributed by atoms with E-state index in [1.54, 1.807) is 18.5 Å². The summed E-state index contributed by atoms with van der Waals surface area (Å²) in [5.41, 5.74) is 0.904. The fourth-order valence-corrected chi connectivity index (χ4v) is 1.57. The maximum Gasteiger partial charge on any atom is 0.166 e. The minimum atomic E-state index is -0.406. The van der Waals surface area contributed by atoms with E-state index in [9.17, 15) is 5.11 Å². The lowest BCUT2D eigenvalue weighted by molar-refractivity contribution is 0.173. The first-order chi connectivity index (χ1) is 8.79. The van der Waals surface area contributed by atoms with Crippen molar-refractivity contribution in [3.05, 3.63) is 54.1 Å². The summed E-state index contributed by atoms with van der Waals surface area (Å²) in [6, 6.07) is 9.20. The second-order valence-electron chi connectivity index (χ2n) is 3.95. The Bertz CT molecular complexity index is 471. The molecule has 0 saturated heterocycles. The Morgan fingerprint density at radius 3 is 2.44 bits per heavy atom. The Balaban J connectivity index is 1.94. The van der Waals surface area contributed by atoms with Crippen LogP contribution in [0.5, 0.6) is 5.75 Å². The molecule has 2 aromatic rings. The van der Waals surface area contributed by atoms with E-state index in [4.69, 9.17) is 4.74 Å². The average molecular weight is 244 g/mol. The maximum atomic E-state index is 9.67. The summed E-state index contributed by atoms with van der Waals surface area (Å²) in [5, 5.41) is 9.67. The van der Waals surface area contributed by atoms with E-state index in [0.717, 1.165) is 11.3 Å². The molecule has 0 radical (unpaired) electrons. The molecule has 4 nitrogen and oxygen atoms in total. The predicted molar refractivity (Wildman–Crippen MR) is 68.1 cm³/mol. The Hall–Kier alpha value is -1.94. The monoisotopic (exact) mass is 244 g/mol. The summed E-state index contributed by atoms with van der Waals surface area (Å²) in [7, 11) is 0. The molecule has 2 rings (SSSR count). The van der Waals surface area contributed by atoms with E-state index in [1.165, 1.54) is 0 Å². The summed E-state index contributed by atoms with van der Waals surface area (Å²) >= 11 is 0. The number of rotatable bonds is 5. The van der Waals surface area contributed by atoms with Crippen molar-refractivity contribution in [3.8, 4) is 5.75 Å². The van der Waals surface area contributed by atoms with Gasteiger partial charge < -0.3 is 9.84 Å². The standard InChI is InChI=1S/C14H16N2O2/c1-2-13(17)11-4-6-12(7-5-11)18-10-14-15-8-3-9-16-14/h3-9,13,17H,2,10H2,1H3/t13-/m1/s1. The number of aliphatic hydroxyl groups excluding tert-OH is 1. The molecule has 4 heteroatoms. The zero-order valence-electron chi connectivity index (χ0n) is 10.3. The van der Waals surface area contributed by atoms with Gasteiger partial charge in [0.2, 0.25) is 0 Å². The number of nitrogens with zero attached hydrogens (tertiary/aromatic N) is 2. The highest BCUT2D eigenvalue weighted by Gasteiger charge is 2.04. The molecule has 0 aliphatic heterocycles. The zero-order chi connectivity index (χ0) is 12.8. The first-order valence-corrected chi connectivity index (χ1v) is 5.96. The fraction of sp³-hybridized carbons (Fsp3) is 0.286. The Kier molecular flexibility index (Phi) is 4.25. The lowest BCUT2D eigenvalue weighted by atomic mass is 10.1. The van der Waals surface area contributed by atoms with Gasteiger partial charge in [-0.3, -0.25) is 0 Å². The summed E-state index contributed by atoms with van der Waals surface area (Å²) in [4.78, 5) is 8.15. The van der Waals surface area contributed by atoms with Gasteiger partial charge in [-0.15, -0.1) is 0 Å². The van der Waals surface area contributed by atoms with Crippen LogP contribution in [0, 0.1) is 0 Å². The van der Waals surface area contributed by atoms with E-state index in [2.05, 4.69) is 9.97 Å². The number of hydrogen-bond acceptors (Lipinski definition) is 4. The van der Waals surface area contributed by atoms with Gasteiger partial charge in [0, 0.05) is 12.4 Å². The minimum Gasteiger partial charge on any atom is -0.486 e. The van der Waals surface area contributed by atoms with Gasteiger partial charge in [-0.25, -0.2) is 9.97 Å². The highest BCUT2D eigenvalue weighted by atomic mass is 16.5. The third kappa shape index (κ3) is 3.28. The summed E-state index contributed by atoms with van der Waals surface area (Å²) < 4.78 is 5.55. The van der Waals surface area contributed by atoms with Crippen LogP contribution in [-0.2, 0) is 6.61 Å². The van der Waals surface area contributed by atoms with Crippen molar-refractivity contribution >= 4 is 0 Å². The highest BCUT2D eigenvalue weighted by Crippen LogP contribution is 2.20. The molecule has 0 bridgehead atoms. The molecule has 1 atom stereocenters. The van der Waals surface area contributed by atoms with Crippen LogP contribution in [0.1, 0.15) is 30.8 Å². The molecule has 1 aromatic heterocycles. The molecule has 0 saturated carbocycles. The average Bonchev–Trinajstić information content (AvgIpc) is 2.46. The normalized spacial score (nSPS) is 12.1. The SMILES string of the molecule is CC[C@@H](O)c1ccc(OCc2ncccn2)cc1. The van der Waals surface area contributed by atoms with Crippen molar-refractivity contribution in [2.75, 3.05) is 0 Å². The summed E-state index contributed by atoms with van der Waals surface area (Å²) in [6.07, 6.45) is 3.67. The van der Waals surface area contributed by atoms with Gasteiger partial charge in [-0.05, 0) is 30.2 Å². The molecule has 0 aliphatic carbocycles. The second-order valence-corrected chi connectivity index (χ2v) is 3.95. The predicted octanol–water partition coefficient (Wildman–Crippen LogP) is 2.50. The van der Waals surface area contributed by atoms with Crippen LogP contribution in [0.3, 0.4) is 0 Å². The van der Waals surface area contributed by atoms with Crippen LogP contribution in [-0.4, -0.2) is 15.1 Å². The second kappa shape index (κ2) is 6.12. The molecule has 0 amide bonds. The van der Waals surface area contributed by atoms with E-state index in [0.29, 0.717) is 18.9 Å². The van der Waals surface area contributed by atoms with Gasteiger partial charge in [0.05, 0.1) is 6.10 Å². The highest BCUT2D eigenvalue weighted by molar-refractivity contribution is 5.28. The fourth-order valence-electron chi connectivity index (χ4n) is 1.57. The molecule has 18 heavy (non-hydrogen) atoms. The van der Waals surface area contributed by atoms with Crippen LogP contribution >= 0.6 is 0 Å². The summed E-state index contributed by atoms with van der Waals surface area (Å²) in [5.74, 6) is 1.39. The number of aliphatic hydroxyl groups is 1. The first-order valence-electron chi connectivity index (χ1n) is 5.96. The van der Waals surface area contributed by atoms with E-state index in [-0.39, 0.29) is 0 Å². The van der Waals surface area contributed by atoms with Crippen molar-refractivity contribution in [3.63, 3.8) is 0 Å². The van der Waals surface area contributed by atoms with Crippen LogP contribution in [0.4, 0.5) is 0 Å². The summed E-state index contributed by atoms with van der Waals surface area (Å²) in [6.45, 7) is 2.29. The molecule has 1 heterocycles. The van der Waals surface area contributed by atoms with Crippen LogP contribution in [0.15, 0.2) is 42.7 Å². The Morgan fingerprint density at radius 2 is 1.83 bits per heavy atom. The van der Waals surface area contributed by atoms with Crippen molar-refractivity contribution < 1.29 is 9.84 Å². The molecular formula is C14H16N2O2. The van der Waals surface area contributed by atoms with Crippen LogP contribution in [0.2, 0.25) is 0 Å². The van der Waals surface area contributed by atoms with Gasteiger partial charge in [0.15, 0.2) is 5.82 Å². The molecule has 0 spiro atoms. The molecule has 0 aliphatic rings. The number of hydrogen-bond donors (Lipinski definition) is 1. The molecule has 1 aromatic carbocycles. The van der Waals surface area contributed by atoms with Crippen molar-refractivity contribution in [1.29, 1.82) is 0 Å². The Labute approximate surface area is 106 Å². The van der Waals surface area contributed by atoms with E-state index < -0.39 is 6.10 Å². The molecular weight excluding hydrogens is 228 g/mol. The topological polar surface area (TPSA) is 55.2 Å². The van der Waals surface area contributed by atoms with Crippen LogP contribution in [0.25, 0.3) is 0 Å². The third-order valence-corrected chi connectivity index (χ3v) is 2.64. The van der Waals surface area contributed by atoms with E-state index >= 15 is 0 Å². The molecule has 0 unspecified atom stereocenters. The van der Waals surface area contributed by atoms with Gasteiger partial charge >= 0.3 is 0 Å². The molecule has 0 fully saturated rings. The van der Waals surface area contributed by atoms with Gasteiger partial charge in [-0.2, -0.15) is 0 Å². The van der Waals surface area contributed by atoms with Crippen molar-refractivity contribution in [2.45, 2.75) is 26.1 Å². The number of ether oxygens (including phenoxy) is 1. The minimum absolute atomic E-state index is 0.344. The van der Waals surface area contributed by atoms with Crippen LogP contribution < -0.4 is 4.74 Å².